The van der Waals surface area contributed by atoms with Crippen molar-refractivity contribution < 1.29 is 32.0 Å². The molecule has 0 spiro atoms. The van der Waals surface area contributed by atoms with E-state index in [1.807, 2.05) is 0 Å². The molecule has 174 valence electrons. The van der Waals surface area contributed by atoms with Gasteiger partial charge >= 0.3 is 6.18 Å². The van der Waals surface area contributed by atoms with Crippen LogP contribution in [0.3, 0.4) is 0 Å². The molecular formula is C24H15ClF4N2O3. The monoisotopic (exact) mass is 490 g/mol. The highest BCUT2D eigenvalue weighted by Crippen LogP contribution is 2.48. The van der Waals surface area contributed by atoms with E-state index >= 15 is 0 Å². The Bertz CT molecular complexity index is 1270. The predicted octanol–water partition coefficient (Wildman–Crippen LogP) is 5.55. The van der Waals surface area contributed by atoms with Crippen LogP contribution in [0.4, 0.5) is 28.9 Å². The van der Waals surface area contributed by atoms with Gasteiger partial charge in [-0.1, -0.05) is 41.9 Å². The van der Waals surface area contributed by atoms with E-state index in [0.717, 1.165) is 6.07 Å². The van der Waals surface area contributed by atoms with Gasteiger partial charge in [-0.05, 0) is 48.0 Å². The number of imide groups is 1. The lowest BCUT2D eigenvalue weighted by atomic mass is 9.90. The maximum Gasteiger partial charge on any atom is 0.417 e. The number of alkyl halides is 3. The Kier molecular flexibility index (Phi) is 5.33. The molecule has 3 aromatic carbocycles. The largest absolute Gasteiger partial charge is 0.417 e. The molecular weight excluding hydrogens is 476 g/mol. The maximum atomic E-state index is 13.6. The molecule has 0 unspecified atom stereocenters. The molecule has 5 rings (SSSR count). The van der Waals surface area contributed by atoms with Gasteiger partial charge in [0.05, 0.1) is 28.0 Å². The summed E-state index contributed by atoms with van der Waals surface area (Å²) in [6, 6.07) is 16.1. The Morgan fingerprint density at radius 3 is 2.18 bits per heavy atom. The van der Waals surface area contributed by atoms with E-state index in [0.29, 0.717) is 22.2 Å². The number of amides is 2. The van der Waals surface area contributed by atoms with E-state index in [1.165, 1.54) is 35.4 Å². The fourth-order valence-electron chi connectivity index (χ4n) is 4.34. The summed E-state index contributed by atoms with van der Waals surface area (Å²) in [7, 11) is 0. The fraction of sp³-hybridized carbons (Fsp3) is 0.167. The fourth-order valence-corrected chi connectivity index (χ4v) is 4.56. The number of fused-ring (bicyclic) bond motifs is 1. The molecule has 2 fully saturated rings. The highest BCUT2D eigenvalue weighted by molar-refractivity contribution is 6.31. The summed E-state index contributed by atoms with van der Waals surface area (Å²) in [5, 5.41) is 0.866. The number of benzene rings is 3. The summed E-state index contributed by atoms with van der Waals surface area (Å²) in [5.74, 6) is -3.07. The molecule has 2 aliphatic rings. The van der Waals surface area contributed by atoms with E-state index in [9.17, 15) is 27.2 Å². The number of rotatable bonds is 3. The van der Waals surface area contributed by atoms with E-state index in [4.69, 9.17) is 16.4 Å². The van der Waals surface area contributed by atoms with Crippen LogP contribution < -0.4 is 9.96 Å². The van der Waals surface area contributed by atoms with Gasteiger partial charge in [0.2, 0.25) is 5.91 Å². The lowest BCUT2D eigenvalue weighted by molar-refractivity contribution is -0.137. The van der Waals surface area contributed by atoms with Crippen molar-refractivity contribution in [3.05, 3.63) is 94.8 Å². The summed E-state index contributed by atoms with van der Waals surface area (Å²) in [5.41, 5.74) is -0.350. The molecule has 2 amide bonds. The Morgan fingerprint density at radius 2 is 1.53 bits per heavy atom. The van der Waals surface area contributed by atoms with Gasteiger partial charge in [-0.25, -0.2) is 14.4 Å². The third-order valence-electron chi connectivity index (χ3n) is 5.85. The number of hydrogen-bond acceptors (Lipinski definition) is 4. The Labute approximate surface area is 196 Å². The van der Waals surface area contributed by atoms with Crippen molar-refractivity contribution in [3.8, 4) is 0 Å². The summed E-state index contributed by atoms with van der Waals surface area (Å²) in [6.07, 6.45) is -6.04. The first kappa shape index (κ1) is 22.4. The van der Waals surface area contributed by atoms with Crippen LogP contribution >= 0.6 is 11.6 Å². The standard InChI is InChI=1S/C24H15ClF4N2O3/c25-18-11-10-16(12-17(18)24(27,28)29)30-22(32)19-20(13-6-8-14(26)9-7-13)31(34-21(19)23(30)33)15-4-2-1-3-5-15/h1-12,19-21H/t19-,20-,21-/m1/s1. The minimum absolute atomic E-state index is 0.256. The molecule has 0 N–H and O–H groups in total. The minimum Gasteiger partial charge on any atom is -0.273 e. The normalized spacial score (nSPS) is 22.4. The number of halogens is 5. The van der Waals surface area contributed by atoms with Crippen molar-refractivity contribution in [2.75, 3.05) is 9.96 Å². The Morgan fingerprint density at radius 1 is 0.853 bits per heavy atom. The van der Waals surface area contributed by atoms with Gasteiger partial charge in [0.25, 0.3) is 5.91 Å². The summed E-state index contributed by atoms with van der Waals surface area (Å²) < 4.78 is 53.7. The van der Waals surface area contributed by atoms with Crippen LogP contribution in [0.5, 0.6) is 0 Å². The van der Waals surface area contributed by atoms with Crippen molar-refractivity contribution >= 4 is 34.8 Å². The number of carbonyl (C=O) groups is 2. The molecule has 3 atom stereocenters. The molecule has 3 aromatic rings. The number of para-hydroxylation sites is 1. The predicted molar refractivity (Wildman–Crippen MR) is 115 cm³/mol. The van der Waals surface area contributed by atoms with Crippen molar-refractivity contribution in [1.82, 2.24) is 0 Å². The van der Waals surface area contributed by atoms with Crippen LogP contribution in [0.1, 0.15) is 17.2 Å². The zero-order valence-electron chi connectivity index (χ0n) is 17.2. The highest BCUT2D eigenvalue weighted by Gasteiger charge is 2.60. The third kappa shape index (κ3) is 3.61. The summed E-state index contributed by atoms with van der Waals surface area (Å²) >= 11 is 5.69. The maximum absolute atomic E-state index is 13.6. The zero-order valence-corrected chi connectivity index (χ0v) is 17.9. The second kappa shape index (κ2) is 8.11. The van der Waals surface area contributed by atoms with E-state index in [1.54, 1.807) is 30.3 Å². The van der Waals surface area contributed by atoms with Crippen LogP contribution in [0, 0.1) is 11.7 Å². The average Bonchev–Trinajstić information content (AvgIpc) is 3.31. The number of hydrogen-bond donors (Lipinski definition) is 0. The molecule has 0 aromatic heterocycles. The van der Waals surface area contributed by atoms with E-state index in [-0.39, 0.29) is 5.69 Å². The van der Waals surface area contributed by atoms with E-state index < -0.39 is 52.5 Å². The van der Waals surface area contributed by atoms with Gasteiger partial charge in [-0.3, -0.25) is 14.4 Å². The second-order valence-electron chi connectivity index (χ2n) is 7.88. The van der Waals surface area contributed by atoms with Crippen LogP contribution in [0.15, 0.2) is 72.8 Å². The summed E-state index contributed by atoms with van der Waals surface area (Å²) in [4.78, 5) is 33.3. The molecule has 2 saturated heterocycles. The molecule has 2 aliphatic heterocycles. The Balaban J connectivity index is 1.57. The van der Waals surface area contributed by atoms with Gasteiger partial charge in [0.1, 0.15) is 11.7 Å². The van der Waals surface area contributed by atoms with Crippen molar-refractivity contribution in [1.29, 1.82) is 0 Å². The van der Waals surface area contributed by atoms with Gasteiger partial charge in [0.15, 0.2) is 6.10 Å². The van der Waals surface area contributed by atoms with Crippen LogP contribution in [0.2, 0.25) is 5.02 Å². The highest BCUT2D eigenvalue weighted by atomic mass is 35.5. The number of anilines is 2. The van der Waals surface area contributed by atoms with Crippen molar-refractivity contribution in [3.63, 3.8) is 0 Å². The van der Waals surface area contributed by atoms with Crippen molar-refractivity contribution in [2.45, 2.75) is 18.3 Å². The van der Waals surface area contributed by atoms with Crippen molar-refractivity contribution in [2.24, 2.45) is 5.92 Å². The molecule has 0 bridgehead atoms. The SMILES string of the molecule is O=C1[C@@H]2[C@@H](c3ccc(F)cc3)N(c3ccccc3)O[C@H]2C(=O)N1c1ccc(Cl)c(C(F)(F)F)c1. The number of hydroxylamine groups is 1. The van der Waals surface area contributed by atoms with Crippen LogP contribution in [-0.4, -0.2) is 17.9 Å². The molecule has 2 heterocycles. The van der Waals surface area contributed by atoms with Gasteiger partial charge < -0.3 is 0 Å². The van der Waals surface area contributed by atoms with E-state index in [2.05, 4.69) is 0 Å². The number of nitrogens with zero attached hydrogens (tertiary/aromatic N) is 2. The third-order valence-corrected chi connectivity index (χ3v) is 6.18. The Hall–Kier alpha value is -3.43. The van der Waals surface area contributed by atoms with Gasteiger partial charge in [-0.15, -0.1) is 0 Å². The van der Waals surface area contributed by atoms with Crippen LogP contribution in [-0.2, 0) is 20.6 Å². The first-order chi connectivity index (χ1) is 16.2. The molecule has 0 saturated carbocycles. The first-order valence-corrected chi connectivity index (χ1v) is 10.6. The molecule has 0 radical (unpaired) electrons. The zero-order chi connectivity index (χ0) is 24.2. The second-order valence-corrected chi connectivity index (χ2v) is 8.29. The van der Waals surface area contributed by atoms with Gasteiger partial charge in [0, 0.05) is 0 Å². The molecule has 34 heavy (non-hydrogen) atoms. The quantitative estimate of drug-likeness (QED) is 0.357. The smallest absolute Gasteiger partial charge is 0.273 e. The lowest BCUT2D eigenvalue weighted by Crippen LogP contribution is -2.37. The lowest BCUT2D eigenvalue weighted by Gasteiger charge is -2.29. The first-order valence-electron chi connectivity index (χ1n) is 10.2. The van der Waals surface area contributed by atoms with Gasteiger partial charge in [-0.2, -0.15) is 13.2 Å². The summed E-state index contributed by atoms with van der Waals surface area (Å²) in [6.45, 7) is 0. The molecule has 5 nitrogen and oxygen atoms in total. The average molecular weight is 491 g/mol. The molecule has 0 aliphatic carbocycles. The van der Waals surface area contributed by atoms with Crippen LogP contribution in [0.25, 0.3) is 0 Å². The molecule has 10 heteroatoms. The topological polar surface area (TPSA) is 49.9 Å². The minimum atomic E-state index is -4.77. The number of carbonyl (C=O) groups excluding carboxylic acids is 2.